The van der Waals surface area contributed by atoms with Gasteiger partial charge in [0.1, 0.15) is 0 Å². The van der Waals surface area contributed by atoms with E-state index in [4.69, 9.17) is 4.99 Å². The highest BCUT2D eigenvalue weighted by Crippen LogP contribution is 2.40. The van der Waals surface area contributed by atoms with E-state index in [1.807, 2.05) is 6.92 Å². The van der Waals surface area contributed by atoms with Crippen molar-refractivity contribution < 1.29 is 8.42 Å². The summed E-state index contributed by atoms with van der Waals surface area (Å²) in [5, 5.41) is 6.65. The van der Waals surface area contributed by atoms with Gasteiger partial charge < -0.3 is 10.6 Å². The molecule has 2 fully saturated rings. The van der Waals surface area contributed by atoms with E-state index in [1.54, 1.807) is 0 Å². The van der Waals surface area contributed by atoms with Gasteiger partial charge in [-0.2, -0.15) is 0 Å². The fourth-order valence-electron chi connectivity index (χ4n) is 4.39. The molecule has 6 heteroatoms. The van der Waals surface area contributed by atoms with Gasteiger partial charge in [-0.05, 0) is 38.7 Å². The highest BCUT2D eigenvalue weighted by molar-refractivity contribution is 7.91. The van der Waals surface area contributed by atoms with E-state index in [9.17, 15) is 8.42 Å². The van der Waals surface area contributed by atoms with Crippen molar-refractivity contribution in [1.82, 2.24) is 10.6 Å². The van der Waals surface area contributed by atoms with E-state index in [1.165, 1.54) is 30.4 Å². The number of guanidine groups is 1. The van der Waals surface area contributed by atoms with Gasteiger partial charge in [-0.15, -0.1) is 0 Å². The lowest BCUT2D eigenvalue weighted by Crippen LogP contribution is -2.45. The van der Waals surface area contributed by atoms with Crippen molar-refractivity contribution in [3.63, 3.8) is 0 Å². The minimum absolute atomic E-state index is 0.0333. The van der Waals surface area contributed by atoms with Crippen LogP contribution in [0.25, 0.3) is 0 Å². The predicted octanol–water partition coefficient (Wildman–Crippen LogP) is 2.94. The predicted molar refractivity (Wildman–Crippen MR) is 112 cm³/mol. The molecule has 1 saturated carbocycles. The number of rotatable bonds is 5. The van der Waals surface area contributed by atoms with E-state index in [2.05, 4.69) is 41.8 Å². The number of benzene rings is 1. The molecule has 2 N–H and O–H groups in total. The molecule has 0 spiro atoms. The van der Waals surface area contributed by atoms with Crippen molar-refractivity contribution in [2.75, 3.05) is 24.6 Å². The Hall–Kier alpha value is -1.56. The number of hydrogen-bond donors (Lipinski definition) is 2. The van der Waals surface area contributed by atoms with Crippen molar-refractivity contribution in [3.05, 3.63) is 35.4 Å². The number of sulfone groups is 1. The molecule has 1 atom stereocenters. The van der Waals surface area contributed by atoms with E-state index in [0.29, 0.717) is 6.42 Å². The maximum absolute atomic E-state index is 11.8. The minimum Gasteiger partial charge on any atom is -0.357 e. The Bertz CT molecular complexity index is 767. The molecule has 1 heterocycles. The Balaban J connectivity index is 1.78. The third kappa shape index (κ3) is 5.24. The average molecular weight is 392 g/mol. The molecule has 1 aromatic rings. The van der Waals surface area contributed by atoms with Crippen LogP contribution in [0.4, 0.5) is 0 Å². The van der Waals surface area contributed by atoms with Crippen LogP contribution >= 0.6 is 0 Å². The number of nitrogens with zero attached hydrogens (tertiary/aromatic N) is 1. The number of hydrogen-bond acceptors (Lipinski definition) is 3. The summed E-state index contributed by atoms with van der Waals surface area (Å²) in [6.07, 6.45) is 6.78. The molecule has 0 radical (unpaired) electrons. The number of aliphatic imine (C=N–C) groups is 1. The largest absolute Gasteiger partial charge is 0.357 e. The van der Waals surface area contributed by atoms with E-state index in [-0.39, 0.29) is 23.0 Å². The lowest BCUT2D eigenvalue weighted by atomic mass is 9.69. The third-order valence-electron chi connectivity index (χ3n) is 5.90. The molecule has 150 valence electrons. The molecule has 1 aromatic carbocycles. The normalized spacial score (nSPS) is 24.5. The summed E-state index contributed by atoms with van der Waals surface area (Å²) in [4.78, 5) is 4.93. The molecule has 0 bridgehead atoms. The molecule has 5 nitrogen and oxygen atoms in total. The van der Waals surface area contributed by atoms with Gasteiger partial charge in [-0.3, -0.25) is 4.99 Å². The molecular formula is C21H33N3O2S. The lowest BCUT2D eigenvalue weighted by Gasteiger charge is -2.37. The molecule has 2 aliphatic rings. The van der Waals surface area contributed by atoms with Gasteiger partial charge in [0.15, 0.2) is 15.8 Å². The zero-order valence-electron chi connectivity index (χ0n) is 16.6. The van der Waals surface area contributed by atoms with Crippen LogP contribution in [0.5, 0.6) is 0 Å². The molecule has 3 rings (SSSR count). The summed E-state index contributed by atoms with van der Waals surface area (Å²) in [6.45, 7) is 5.70. The van der Waals surface area contributed by atoms with Crippen LogP contribution in [0.3, 0.4) is 0 Å². The van der Waals surface area contributed by atoms with Crippen molar-refractivity contribution in [2.24, 2.45) is 4.99 Å². The Morgan fingerprint density at radius 1 is 1.26 bits per heavy atom. The van der Waals surface area contributed by atoms with Gasteiger partial charge >= 0.3 is 0 Å². The van der Waals surface area contributed by atoms with Crippen molar-refractivity contribution in [2.45, 2.75) is 63.8 Å². The van der Waals surface area contributed by atoms with Gasteiger partial charge in [0.25, 0.3) is 0 Å². The summed E-state index contributed by atoms with van der Waals surface area (Å²) in [5.41, 5.74) is 2.78. The Morgan fingerprint density at radius 3 is 2.67 bits per heavy atom. The van der Waals surface area contributed by atoms with Crippen molar-refractivity contribution >= 4 is 15.8 Å². The van der Waals surface area contributed by atoms with E-state index in [0.717, 1.165) is 31.9 Å². The number of aryl methyl sites for hydroxylation is 1. The van der Waals surface area contributed by atoms with E-state index >= 15 is 0 Å². The second-order valence-electron chi connectivity index (χ2n) is 8.15. The van der Waals surface area contributed by atoms with E-state index < -0.39 is 9.84 Å². The maximum atomic E-state index is 11.8. The minimum atomic E-state index is -2.90. The number of nitrogens with one attached hydrogen (secondary N) is 2. The van der Waals surface area contributed by atoms with Crippen molar-refractivity contribution in [3.8, 4) is 0 Å². The topological polar surface area (TPSA) is 70.6 Å². The summed E-state index contributed by atoms with van der Waals surface area (Å²) >= 11 is 0. The molecule has 1 aliphatic carbocycles. The smallest absolute Gasteiger partial charge is 0.191 e. The van der Waals surface area contributed by atoms with Gasteiger partial charge in [-0.25, -0.2) is 8.42 Å². The standard InChI is InChI=1S/C21H33N3O2S/c1-3-22-20(24-19-10-13-27(25,26)15-19)23-16-21(11-5-4-6-12-21)18-9-7-8-17(2)14-18/h7-9,14,19H,3-6,10-13,15-16H2,1-2H3,(H2,22,23,24). The van der Waals surface area contributed by atoms with Gasteiger partial charge in [0.2, 0.25) is 0 Å². The van der Waals surface area contributed by atoms with Crippen LogP contribution in [0, 0.1) is 6.92 Å². The first-order chi connectivity index (χ1) is 12.9. The second kappa shape index (κ2) is 8.63. The van der Waals surface area contributed by atoms with Crippen molar-refractivity contribution in [1.29, 1.82) is 0 Å². The van der Waals surface area contributed by atoms with Crippen LogP contribution < -0.4 is 10.6 Å². The fourth-order valence-corrected chi connectivity index (χ4v) is 6.07. The summed E-state index contributed by atoms with van der Waals surface area (Å²) in [7, 11) is -2.90. The average Bonchev–Trinajstić information content (AvgIpc) is 2.99. The molecule has 1 saturated heterocycles. The quantitative estimate of drug-likeness (QED) is 0.598. The zero-order chi connectivity index (χ0) is 19.3. The third-order valence-corrected chi connectivity index (χ3v) is 7.67. The first-order valence-corrected chi connectivity index (χ1v) is 12.1. The van der Waals surface area contributed by atoms with Crippen LogP contribution in [0.1, 0.15) is 56.6 Å². The van der Waals surface area contributed by atoms with Gasteiger partial charge in [-0.1, -0.05) is 49.1 Å². The Morgan fingerprint density at radius 2 is 2.04 bits per heavy atom. The molecular weight excluding hydrogens is 358 g/mol. The van der Waals surface area contributed by atoms with Crippen LogP contribution in [0.15, 0.2) is 29.3 Å². The first kappa shape index (κ1) is 20.2. The Labute approximate surface area is 164 Å². The first-order valence-electron chi connectivity index (χ1n) is 10.2. The lowest BCUT2D eigenvalue weighted by molar-refractivity contribution is 0.301. The fraction of sp³-hybridized carbons (Fsp3) is 0.667. The molecule has 0 aromatic heterocycles. The monoisotopic (exact) mass is 391 g/mol. The van der Waals surface area contributed by atoms with Crippen LogP contribution in [0.2, 0.25) is 0 Å². The molecule has 1 unspecified atom stereocenters. The molecule has 1 aliphatic heterocycles. The zero-order valence-corrected chi connectivity index (χ0v) is 17.4. The van der Waals surface area contributed by atoms with Crippen LogP contribution in [-0.2, 0) is 15.3 Å². The maximum Gasteiger partial charge on any atom is 0.191 e. The SMILES string of the molecule is CCNC(=NCC1(c2cccc(C)c2)CCCCC1)NC1CCS(=O)(=O)C1. The summed E-state index contributed by atoms with van der Waals surface area (Å²) < 4.78 is 23.5. The highest BCUT2D eigenvalue weighted by Gasteiger charge is 2.34. The Kier molecular flexibility index (Phi) is 6.45. The highest BCUT2D eigenvalue weighted by atomic mass is 32.2. The van der Waals surface area contributed by atoms with Gasteiger partial charge in [0.05, 0.1) is 18.1 Å². The molecule has 27 heavy (non-hydrogen) atoms. The van der Waals surface area contributed by atoms with Gasteiger partial charge in [0, 0.05) is 18.0 Å². The summed E-state index contributed by atoms with van der Waals surface area (Å²) in [6, 6.07) is 8.82. The molecule has 0 amide bonds. The van der Waals surface area contributed by atoms with Crippen LogP contribution in [-0.4, -0.2) is 45.0 Å². The summed E-state index contributed by atoms with van der Waals surface area (Å²) in [5.74, 6) is 1.23. The second-order valence-corrected chi connectivity index (χ2v) is 10.4.